The zero-order chi connectivity index (χ0) is 95.9. The van der Waals surface area contributed by atoms with Gasteiger partial charge in [0.2, 0.25) is 0 Å². The number of alkyl carbamates (subject to hydrolysis) is 2. The van der Waals surface area contributed by atoms with E-state index in [1.54, 1.807) is 185 Å². The standard InChI is InChI=1S/2C31H31N3O6.C16H21N3O4.C14H16N2O3.C8H6N2O/c1-31(2,3)40-27(35)17-34-16-19(20-13-8-14-32-28(20)34)15-26(29(36)37)33-30(38)39-18-25-23-11-6-4-9-21(23)22-10-5-7-12-24(22)25;1-31(2,3)40-27(35)19-34-18-24(25-15-10-16-32-28(25)34)17-26(29(36)38-20-22-11-6-4-7-12-22)33-30(37)39-21-23-13-8-5-9-14-23;1-16(2,3)23-13(20)9-19-8-10(7-12(17)15(21)22)11-5-4-6-18-14(11)19;1-14(2,3)19-12(18)8-16-7-10(9-17)11-5-4-6-15-13(11)16;11-5-6-4-10-8-7(6)2-1-3-9-8/h4-14,16,25-26H,15,17-18H2,1-3H3,(H,33,38)(H,36,37);4-18H,19-21H2,1-3H3,(H,33,37);4-6,8,12H,7,9,17H2,1-3H3,(H,21,22);4-7,9H,8H2,1-3H3;1-5H,(H,9,10)/b;26-17+;;;. The molecule has 2 atom stereocenters. The van der Waals surface area contributed by atoms with Crippen LogP contribution >= 0.6 is 0 Å². The van der Waals surface area contributed by atoms with Crippen LogP contribution in [0.5, 0.6) is 0 Å². The van der Waals surface area contributed by atoms with Gasteiger partial charge in [0.25, 0.3) is 0 Å². The zero-order valence-electron chi connectivity index (χ0n) is 75.6. The number of nitrogens with one attached hydrogen (secondary N) is 3. The molecule has 15 rings (SSSR count). The van der Waals surface area contributed by atoms with Gasteiger partial charge in [-0.3, -0.25) is 38.9 Å². The number of carbonyl (C=O) groups excluding carboxylic acids is 9. The Balaban J connectivity index is 0.000000170. The fourth-order valence-corrected chi connectivity index (χ4v) is 14.3. The Labute approximate surface area is 765 Å². The van der Waals surface area contributed by atoms with E-state index in [-0.39, 0.29) is 82.4 Å². The fourth-order valence-electron chi connectivity index (χ4n) is 14.3. The maximum Gasteiger partial charge on any atom is 0.412 e. The monoisotopic (exact) mass is 1810 g/mol. The van der Waals surface area contributed by atoms with Gasteiger partial charge in [-0.25, -0.2) is 44.1 Å². The van der Waals surface area contributed by atoms with Crippen LogP contribution in [0.1, 0.15) is 149 Å². The highest BCUT2D eigenvalue weighted by molar-refractivity contribution is 6.01. The summed E-state index contributed by atoms with van der Waals surface area (Å²) in [5.74, 6) is -4.77. The summed E-state index contributed by atoms with van der Waals surface area (Å²) in [6, 6.07) is 50.0. The molecule has 0 fully saturated rings. The molecule has 1 aliphatic rings. The van der Waals surface area contributed by atoms with Gasteiger partial charge in [0.1, 0.15) is 114 Å². The van der Waals surface area contributed by atoms with Crippen molar-refractivity contribution >= 4 is 128 Å². The quantitative estimate of drug-likeness (QED) is 0.0127. The van der Waals surface area contributed by atoms with Gasteiger partial charge in [0.15, 0.2) is 12.6 Å². The van der Waals surface area contributed by atoms with E-state index >= 15 is 0 Å². The van der Waals surface area contributed by atoms with Crippen LogP contribution in [0, 0.1) is 0 Å². The summed E-state index contributed by atoms with van der Waals surface area (Å²) < 4.78 is 44.4. The number of rotatable bonds is 26. The number of benzene rings is 4. The molecule has 10 heterocycles. The number of carboxylic acid groups (broad SMARTS) is 2. The molecule has 33 heteroatoms. The number of aldehydes is 2. The second-order valence-electron chi connectivity index (χ2n) is 34.7. The summed E-state index contributed by atoms with van der Waals surface area (Å²) in [6.45, 7) is 21.6. The van der Waals surface area contributed by atoms with Crippen molar-refractivity contribution in [1.29, 1.82) is 0 Å². The topological polar surface area (TPSA) is 443 Å². The molecule has 14 aromatic rings. The van der Waals surface area contributed by atoms with Crippen molar-refractivity contribution in [2.45, 2.75) is 176 Å². The van der Waals surface area contributed by atoms with Gasteiger partial charge in [-0.15, -0.1) is 0 Å². The van der Waals surface area contributed by atoms with Gasteiger partial charge in [-0.05, 0) is 194 Å². The molecule has 10 aromatic heterocycles. The number of H-pyrrole nitrogens is 1. The van der Waals surface area contributed by atoms with Gasteiger partial charge in [0, 0.05) is 124 Å². The predicted molar refractivity (Wildman–Crippen MR) is 496 cm³/mol. The minimum absolute atomic E-state index is 0.00704. The van der Waals surface area contributed by atoms with Gasteiger partial charge in [-0.1, -0.05) is 109 Å². The van der Waals surface area contributed by atoms with Gasteiger partial charge in [-0.2, -0.15) is 0 Å². The predicted octanol–water partition coefficient (Wildman–Crippen LogP) is 15.2. The molecule has 0 spiro atoms. The molecule has 2 amide bonds. The zero-order valence-corrected chi connectivity index (χ0v) is 75.6. The Hall–Kier alpha value is -15.8. The molecule has 0 radical (unpaired) electrons. The summed E-state index contributed by atoms with van der Waals surface area (Å²) in [5, 5.41) is 27.7. The molecule has 7 N–H and O–H groups in total. The molecular weight excluding hydrogens is 1700 g/mol. The van der Waals surface area contributed by atoms with Crippen LogP contribution in [0.15, 0.2) is 238 Å². The second-order valence-corrected chi connectivity index (χ2v) is 34.7. The summed E-state index contributed by atoms with van der Waals surface area (Å²) >= 11 is 0. The van der Waals surface area contributed by atoms with E-state index in [9.17, 15) is 57.8 Å². The molecule has 0 saturated carbocycles. The fraction of sp³-hybridized carbons (Fsp3) is 0.280. The third kappa shape index (κ3) is 27.9. The molecule has 0 bridgehead atoms. The van der Waals surface area contributed by atoms with Crippen LogP contribution < -0.4 is 16.4 Å². The number of ether oxygens (including phenoxy) is 7. The van der Waals surface area contributed by atoms with E-state index in [1.165, 1.54) is 6.08 Å². The summed E-state index contributed by atoms with van der Waals surface area (Å²) in [5.41, 5.74) is 15.1. The number of pyridine rings is 5. The molecule has 1 aliphatic carbocycles. The lowest BCUT2D eigenvalue weighted by Crippen LogP contribution is -2.42. The second kappa shape index (κ2) is 44.0. The molecule has 690 valence electrons. The summed E-state index contributed by atoms with van der Waals surface area (Å²) in [4.78, 5) is 156. The maximum absolute atomic E-state index is 13.2. The number of aromatic nitrogens is 10. The molecular formula is C100H105N13O20. The van der Waals surface area contributed by atoms with Crippen LogP contribution in [-0.4, -0.2) is 166 Å². The van der Waals surface area contributed by atoms with Crippen molar-refractivity contribution in [3.63, 3.8) is 0 Å². The third-order valence-electron chi connectivity index (χ3n) is 19.7. The number of hydrogen-bond donors (Lipinski definition) is 6. The minimum Gasteiger partial charge on any atom is -0.480 e. The smallest absolute Gasteiger partial charge is 0.412 e. The number of hydrogen-bond acceptors (Lipinski definition) is 24. The Kier molecular flexibility index (Phi) is 32.4. The van der Waals surface area contributed by atoms with Crippen molar-refractivity contribution in [3.8, 4) is 11.1 Å². The number of amides is 2. The van der Waals surface area contributed by atoms with Crippen LogP contribution in [-0.2, 0) is 119 Å². The summed E-state index contributed by atoms with van der Waals surface area (Å²) in [7, 11) is 0. The van der Waals surface area contributed by atoms with E-state index < -0.39 is 76.5 Å². The van der Waals surface area contributed by atoms with Crippen molar-refractivity contribution in [3.05, 3.63) is 288 Å². The van der Waals surface area contributed by atoms with Crippen LogP contribution in [0.25, 0.3) is 72.4 Å². The lowest BCUT2D eigenvalue weighted by atomic mass is 9.98. The van der Waals surface area contributed by atoms with Crippen molar-refractivity contribution in [2.24, 2.45) is 5.73 Å². The number of esters is 5. The number of carboxylic acids is 2. The average Bonchev–Trinajstić information content (AvgIpc) is 1.60. The first-order valence-electron chi connectivity index (χ1n) is 42.4. The van der Waals surface area contributed by atoms with Crippen LogP contribution in [0.2, 0.25) is 0 Å². The van der Waals surface area contributed by atoms with E-state index in [0.29, 0.717) is 55.6 Å². The van der Waals surface area contributed by atoms with E-state index in [4.69, 9.17) is 44.0 Å². The third-order valence-corrected chi connectivity index (χ3v) is 19.7. The normalized spacial score (nSPS) is 12.3. The highest BCUT2D eigenvalue weighted by Crippen LogP contribution is 2.45. The van der Waals surface area contributed by atoms with Gasteiger partial charge < -0.3 is 77.7 Å². The Morgan fingerprint density at radius 1 is 0.429 bits per heavy atom. The van der Waals surface area contributed by atoms with Crippen molar-refractivity contribution in [2.75, 3.05) is 6.61 Å². The molecule has 2 unspecified atom stereocenters. The van der Waals surface area contributed by atoms with Crippen LogP contribution in [0.3, 0.4) is 0 Å². The number of nitrogens with zero attached hydrogens (tertiary/aromatic N) is 9. The Morgan fingerprint density at radius 3 is 1.25 bits per heavy atom. The number of aromatic amines is 1. The van der Waals surface area contributed by atoms with E-state index in [0.717, 1.165) is 73.3 Å². The maximum atomic E-state index is 13.2. The molecule has 133 heavy (non-hydrogen) atoms. The highest BCUT2D eigenvalue weighted by atomic mass is 16.6. The number of nitrogens with two attached hydrogens (primary N) is 1. The molecule has 4 aromatic carbocycles. The number of carbonyl (C=O) groups is 11. The van der Waals surface area contributed by atoms with Gasteiger partial charge in [0.05, 0.1) is 0 Å². The SMILES string of the molecule is CC(C)(C)OC(=O)Cn1cc(/C=C(/NC(=O)OCc2ccccc2)C(=O)OCc2ccccc2)c2cccnc21.CC(C)(C)OC(=O)Cn1cc(C=O)c2cccnc21.CC(C)(C)OC(=O)Cn1cc(CC(N)C(=O)O)c2cccnc21.CC(C)(C)OC(=O)Cn1cc(CC(NC(=O)OCC2c3ccccc3-c3ccccc32)C(=O)O)c2cccnc21.O=Cc1c[nH]c2ncccc12. The molecule has 33 nitrogen and oxygen atoms in total. The first-order chi connectivity index (χ1) is 63.3. The Bertz CT molecular complexity index is 6510. The highest BCUT2D eigenvalue weighted by Gasteiger charge is 2.32. The average molecular weight is 1810 g/mol. The van der Waals surface area contributed by atoms with E-state index in [1.807, 2.05) is 148 Å². The Morgan fingerprint density at radius 2 is 0.812 bits per heavy atom. The summed E-state index contributed by atoms with van der Waals surface area (Å²) in [6.07, 6.45) is 18.0. The van der Waals surface area contributed by atoms with Crippen LogP contribution in [0.4, 0.5) is 9.59 Å². The lowest BCUT2D eigenvalue weighted by molar-refractivity contribution is -0.156. The van der Waals surface area contributed by atoms with Gasteiger partial charge >= 0.3 is 54.0 Å². The first kappa shape index (κ1) is 97.8. The minimum atomic E-state index is -1.25. The number of fused-ring (bicyclic) bond motifs is 8. The van der Waals surface area contributed by atoms with Crippen molar-refractivity contribution in [1.82, 2.24) is 58.8 Å². The molecule has 0 saturated heterocycles. The first-order valence-corrected chi connectivity index (χ1v) is 42.4. The largest absolute Gasteiger partial charge is 0.480 e. The molecule has 0 aliphatic heterocycles. The van der Waals surface area contributed by atoms with E-state index in [2.05, 4.69) is 40.5 Å². The van der Waals surface area contributed by atoms with Crippen molar-refractivity contribution < 1.29 is 96.1 Å². The lowest BCUT2D eigenvalue weighted by Gasteiger charge is -2.19. The number of aliphatic carboxylic acids is 2.